The van der Waals surface area contributed by atoms with Crippen LogP contribution in [0.4, 0.5) is 0 Å². The topological polar surface area (TPSA) is 178 Å². The van der Waals surface area contributed by atoms with Crippen LogP contribution in [-0.2, 0) is 10.8 Å². The van der Waals surface area contributed by atoms with Crippen molar-refractivity contribution < 1.29 is 4.42 Å². The summed E-state index contributed by atoms with van der Waals surface area (Å²) in [5.74, 6) is 0. The maximum absolute atomic E-state index is 5.01. The molecule has 0 radical (unpaired) electrons. The number of nitrogens with zero attached hydrogens (tertiary/aromatic N) is 13. The number of hydrogen-bond donors (Lipinski definition) is 1. The largest absolute Gasteiger partial charge is 0.446 e. The molecule has 0 atom stereocenters. The monoisotopic (exact) mass is 1440 g/mol. The van der Waals surface area contributed by atoms with E-state index >= 15 is 0 Å². The van der Waals surface area contributed by atoms with Gasteiger partial charge < -0.3 is 8.82 Å². The molecule has 15 nitrogen and oxygen atoms in total. The van der Waals surface area contributed by atoms with Gasteiger partial charge in [-0.1, -0.05) is 254 Å². The molecule has 1 aliphatic rings. The highest BCUT2D eigenvalue weighted by Crippen LogP contribution is 2.25. The number of thiazole rings is 2. The van der Waals surface area contributed by atoms with E-state index in [0.717, 1.165) is 16.6 Å². The predicted octanol–water partition coefficient (Wildman–Crippen LogP) is 25.8. The molecule has 0 fully saturated rings. The van der Waals surface area contributed by atoms with Gasteiger partial charge in [0.25, 0.3) is 0 Å². The van der Waals surface area contributed by atoms with Crippen molar-refractivity contribution in [2.45, 2.75) is 246 Å². The molecule has 12 heterocycles. The maximum atomic E-state index is 5.01. The van der Waals surface area contributed by atoms with Crippen LogP contribution in [0.5, 0.6) is 0 Å². The average Bonchev–Trinajstić information content (AvgIpc) is 1.77. The van der Waals surface area contributed by atoms with Gasteiger partial charge in [0.2, 0.25) is 5.71 Å². The van der Waals surface area contributed by atoms with Gasteiger partial charge in [-0.3, -0.25) is 25.1 Å². The van der Waals surface area contributed by atoms with E-state index in [-0.39, 0.29) is 10.8 Å². The van der Waals surface area contributed by atoms with Gasteiger partial charge in [-0.2, -0.15) is 20.4 Å². The third-order valence-electron chi connectivity index (χ3n) is 7.98. The maximum Gasteiger partial charge on any atom is 0.225 e. The molecule has 0 spiro atoms. The van der Waals surface area contributed by atoms with Gasteiger partial charge in [0.15, 0.2) is 0 Å². The molecular formula is C85H140N14OS2. The molecule has 11 aromatic rings. The van der Waals surface area contributed by atoms with Crippen LogP contribution in [0, 0.1) is 37.9 Å². The molecule has 0 bridgehead atoms. The number of aliphatic imine (C=N–C) groups is 2. The van der Waals surface area contributed by atoms with Crippen LogP contribution in [0.2, 0.25) is 0 Å². The Morgan fingerprint density at radius 3 is 1.22 bits per heavy atom. The summed E-state index contributed by atoms with van der Waals surface area (Å²) in [4.78, 5) is 28.9. The average molecular weight is 1440 g/mol. The lowest BCUT2D eigenvalue weighted by Gasteiger charge is -2.13. The number of aromatic amines is 1. The quantitative estimate of drug-likeness (QED) is 0.154. The minimum absolute atomic E-state index is 0.230. The number of H-pyrrole nitrogens is 1. The summed E-state index contributed by atoms with van der Waals surface area (Å²) in [5, 5.41) is 21.6. The molecule has 1 aliphatic heterocycles. The fourth-order valence-corrected chi connectivity index (χ4v) is 6.16. The van der Waals surface area contributed by atoms with E-state index in [2.05, 4.69) is 296 Å². The number of imidazole rings is 1. The highest BCUT2D eigenvalue weighted by Gasteiger charge is 2.16. The van der Waals surface area contributed by atoms with Crippen molar-refractivity contribution in [2.75, 3.05) is 6.67 Å². The minimum atomic E-state index is 0.230. The number of hydrogen-bond acceptors (Lipinski definition) is 14. The van der Waals surface area contributed by atoms with Crippen LogP contribution in [0.15, 0.2) is 215 Å². The third-order valence-corrected chi connectivity index (χ3v) is 10.4. The molecule has 12 rings (SSSR count). The van der Waals surface area contributed by atoms with Crippen LogP contribution in [-0.4, -0.2) is 78.4 Å². The second-order valence-electron chi connectivity index (χ2n) is 36.3. The zero-order valence-corrected chi connectivity index (χ0v) is 71.6. The number of fused-ring (bicyclic) bond motifs is 3. The Labute approximate surface area is 629 Å². The first-order chi connectivity index (χ1) is 46.6. The SMILES string of the molecule is C1=NCN=C1.CC(C)(C)C.CC(C)(C)C.CC(C)(C)C.CC(C)(C)C.CC(C)(C)C.CC(C)(C)C.CC(C)(C)C.CC(C)(C)c1cncs1.CC(C)(C)c1nccs1.c1ccn2ccnc2c1.c1ccn2nccc2c1.c1ccncc1.c1ccnnc1.c1cn[nH]c1.c1cnc2occc2c1. The van der Waals surface area contributed by atoms with Gasteiger partial charge in [-0.15, -0.1) is 22.7 Å². The van der Waals surface area contributed by atoms with E-state index in [1.54, 1.807) is 97.1 Å². The van der Waals surface area contributed by atoms with Crippen molar-refractivity contribution >= 4 is 57.4 Å². The molecule has 0 saturated heterocycles. The zero-order chi connectivity index (χ0) is 79.2. The van der Waals surface area contributed by atoms with Crippen LogP contribution < -0.4 is 0 Å². The standard InChI is InChI=1S/2C7H6N2.C7H5NO.2C7H11NS.C5H5N.7C5H12.C4H4N2.2C3H4N2/c1-2-6-9-7(3-1)4-5-8-9;1-2-5-9-6-4-8-7(9)3-1;1-2-6-3-5-9-7(6)8-4-1;1-7(2,3)6-4-8-5-9-6;1-7(2,3)6-8-4-5-9-6;1-2-4-6-5-3-1;7*1-5(2,3)4;1-2-4-6-5-3-1;1-2-5-3-4-1;1-2-4-5-3-1/h2*1-6H;1-5H;2*4-5H,1-3H3;1-5H;7*1-4H3;1-4H;1-2H,3H2;1-3H,(H,4,5). The van der Waals surface area contributed by atoms with Gasteiger partial charge in [0, 0.05) is 120 Å². The summed E-state index contributed by atoms with van der Waals surface area (Å²) in [5.41, 5.74) is 8.73. The highest BCUT2D eigenvalue weighted by molar-refractivity contribution is 7.10. The lowest BCUT2D eigenvalue weighted by molar-refractivity contribution is 0.469. The first-order valence-electron chi connectivity index (χ1n) is 34.9. The van der Waals surface area contributed by atoms with Gasteiger partial charge in [0.1, 0.15) is 12.3 Å². The number of pyridine rings is 4. The Morgan fingerprint density at radius 2 is 0.902 bits per heavy atom. The first-order valence-corrected chi connectivity index (χ1v) is 36.7. The molecule has 0 aromatic carbocycles. The molecule has 0 amide bonds. The van der Waals surface area contributed by atoms with Crippen LogP contribution >= 0.6 is 22.7 Å². The molecule has 1 N–H and O–H groups in total. The lowest BCUT2D eigenvalue weighted by Crippen LogP contribution is -2.09. The highest BCUT2D eigenvalue weighted by atomic mass is 32.1. The molecule has 0 saturated carbocycles. The smallest absolute Gasteiger partial charge is 0.225 e. The normalized spacial score (nSPS) is 11.1. The fraction of sp³-hybridized carbons (Fsp3) is 0.518. The van der Waals surface area contributed by atoms with Crippen molar-refractivity contribution in [2.24, 2.45) is 47.9 Å². The summed E-state index contributed by atoms with van der Waals surface area (Å²) in [6, 6.07) is 30.8. The Bertz CT molecular complexity index is 3020. The summed E-state index contributed by atoms with van der Waals surface area (Å²) in [6.45, 7) is 75.0. The predicted molar refractivity (Wildman–Crippen MR) is 449 cm³/mol. The second kappa shape index (κ2) is 53.9. The lowest BCUT2D eigenvalue weighted by atomic mass is 9.96. The van der Waals surface area contributed by atoms with Gasteiger partial charge in [-0.05, 0) is 122 Å². The zero-order valence-electron chi connectivity index (χ0n) is 70.0. The molecule has 0 unspecified atom stereocenters. The third kappa shape index (κ3) is 92.1. The molecule has 0 aliphatic carbocycles. The van der Waals surface area contributed by atoms with Crippen molar-refractivity contribution in [3.05, 3.63) is 211 Å². The van der Waals surface area contributed by atoms with Crippen molar-refractivity contribution in [1.29, 1.82) is 0 Å². The van der Waals surface area contributed by atoms with Crippen LogP contribution in [0.3, 0.4) is 0 Å². The Hall–Kier alpha value is -7.89. The van der Waals surface area contributed by atoms with Crippen molar-refractivity contribution in [3.8, 4) is 0 Å². The number of rotatable bonds is 0. The molecule has 11 aromatic heterocycles. The van der Waals surface area contributed by atoms with Crippen molar-refractivity contribution in [3.63, 3.8) is 0 Å². The number of aromatic nitrogens is 12. The van der Waals surface area contributed by atoms with Crippen LogP contribution in [0.25, 0.3) is 22.3 Å². The molecule has 568 valence electrons. The molecule has 102 heavy (non-hydrogen) atoms. The van der Waals surface area contributed by atoms with E-state index < -0.39 is 0 Å². The summed E-state index contributed by atoms with van der Waals surface area (Å²) in [7, 11) is 0. The van der Waals surface area contributed by atoms with Gasteiger partial charge in [-0.25, -0.2) is 19.5 Å². The second-order valence-corrected chi connectivity index (χ2v) is 38.1. The first kappa shape index (κ1) is 100. The summed E-state index contributed by atoms with van der Waals surface area (Å²) < 4.78 is 8.81. The van der Waals surface area contributed by atoms with E-state index in [9.17, 15) is 0 Å². The van der Waals surface area contributed by atoms with E-state index in [1.807, 2.05) is 148 Å². The number of nitrogens with one attached hydrogen (secondary N) is 1. The van der Waals surface area contributed by atoms with E-state index in [4.69, 9.17) is 4.42 Å². The van der Waals surface area contributed by atoms with Gasteiger partial charge in [0.05, 0.1) is 22.3 Å². The summed E-state index contributed by atoms with van der Waals surface area (Å²) in [6.07, 6.45) is 30.2. The molecule has 17 heteroatoms. The van der Waals surface area contributed by atoms with Crippen molar-refractivity contribution in [1.82, 2.24) is 59.3 Å². The minimum Gasteiger partial charge on any atom is -0.446 e. The Balaban J connectivity index is -0.000000506. The van der Waals surface area contributed by atoms with E-state index in [1.165, 1.54) is 9.88 Å². The Morgan fingerprint density at radius 1 is 0.402 bits per heavy atom. The summed E-state index contributed by atoms with van der Waals surface area (Å²) >= 11 is 3.44. The molecular weight excluding hydrogens is 1300 g/mol. The van der Waals surface area contributed by atoms with E-state index in [0.29, 0.717) is 50.3 Å². The Kier molecular flexibility index (Phi) is 53.1. The number of furan rings is 1. The fourth-order valence-electron chi connectivity index (χ4n) is 4.73. The van der Waals surface area contributed by atoms with Gasteiger partial charge >= 0.3 is 0 Å². The van der Waals surface area contributed by atoms with Crippen LogP contribution in [0.1, 0.15) is 245 Å².